The van der Waals surface area contributed by atoms with Gasteiger partial charge in [0, 0.05) is 0 Å². The van der Waals surface area contributed by atoms with Crippen molar-refractivity contribution >= 4 is 0 Å². The van der Waals surface area contributed by atoms with Crippen LogP contribution in [0.2, 0.25) is 0 Å². The zero-order chi connectivity index (χ0) is 6.95. The molecule has 0 aliphatic carbocycles. The molecule has 0 amide bonds. The van der Waals surface area contributed by atoms with E-state index in [9.17, 15) is 0 Å². The van der Waals surface area contributed by atoms with Crippen molar-refractivity contribution in [3.63, 3.8) is 0 Å². The molecule has 0 aromatic heterocycles. The maximum Gasteiger partial charge on any atom is 0.0663 e. The molecule has 0 aliphatic heterocycles. The fraction of sp³-hybridized carbons (Fsp3) is 0.125. The summed E-state index contributed by atoms with van der Waals surface area (Å²) in [6.45, 7) is 3.49. The second-order valence-corrected chi connectivity index (χ2v) is 1.41. The molecule has 0 saturated carbocycles. The molecule has 0 aromatic carbocycles. The topological polar surface area (TPSA) is 23.8 Å². The molecule has 0 rings (SSSR count). The largest absolute Gasteiger partial charge is 0.198 e. The van der Waals surface area contributed by atoms with Crippen molar-refractivity contribution in [1.82, 2.24) is 0 Å². The summed E-state index contributed by atoms with van der Waals surface area (Å²) in [5.41, 5.74) is 0. The molecule has 0 fully saturated rings. The van der Waals surface area contributed by atoms with Gasteiger partial charge in [-0.3, -0.25) is 0 Å². The molecular weight excluding hydrogens is 110 g/mol. The van der Waals surface area contributed by atoms with Crippen molar-refractivity contribution in [3.05, 3.63) is 37.0 Å². The minimum Gasteiger partial charge on any atom is -0.198 e. The molecule has 46 valence electrons. The summed E-state index contributed by atoms with van der Waals surface area (Å²) in [6, 6.07) is 2.00. The smallest absolute Gasteiger partial charge is 0.0663 e. The predicted molar refractivity (Wildman–Crippen MR) is 38.7 cm³/mol. The van der Waals surface area contributed by atoms with E-state index in [4.69, 9.17) is 5.26 Å². The number of hydrogen-bond donors (Lipinski definition) is 0. The molecule has 0 spiro atoms. The molecule has 0 N–H and O–H groups in total. The van der Waals surface area contributed by atoms with Gasteiger partial charge in [0.05, 0.1) is 12.5 Å². The van der Waals surface area contributed by atoms with Crippen LogP contribution >= 0.6 is 0 Å². The number of allylic oxidation sites excluding steroid dienone is 5. The van der Waals surface area contributed by atoms with Gasteiger partial charge in [0.15, 0.2) is 0 Å². The number of hydrogen-bond acceptors (Lipinski definition) is 1. The quantitative estimate of drug-likeness (QED) is 0.522. The Balaban J connectivity index is 3.37. The van der Waals surface area contributed by atoms with Gasteiger partial charge < -0.3 is 0 Å². The fourth-order valence-electron chi connectivity index (χ4n) is 0.342. The molecule has 0 bridgehead atoms. The Morgan fingerprint density at radius 2 is 2.11 bits per heavy atom. The summed E-state index contributed by atoms with van der Waals surface area (Å²) in [7, 11) is 0. The molecular formula is C8H9N. The summed E-state index contributed by atoms with van der Waals surface area (Å²) in [5.74, 6) is 0. The lowest BCUT2D eigenvalue weighted by Crippen LogP contribution is -1.53. The zero-order valence-electron chi connectivity index (χ0n) is 5.25. The van der Waals surface area contributed by atoms with Gasteiger partial charge in [-0.05, 0) is 0 Å². The average Bonchev–Trinajstić information content (AvgIpc) is 1.89. The predicted octanol–water partition coefficient (Wildman–Crippen LogP) is 2.20. The summed E-state index contributed by atoms with van der Waals surface area (Å²) >= 11 is 0. The molecule has 0 saturated heterocycles. The first kappa shape index (κ1) is 7.71. The van der Waals surface area contributed by atoms with E-state index < -0.39 is 0 Å². The first-order valence-corrected chi connectivity index (χ1v) is 2.73. The summed E-state index contributed by atoms with van der Waals surface area (Å²) < 4.78 is 0. The van der Waals surface area contributed by atoms with Crippen LogP contribution in [0.1, 0.15) is 6.42 Å². The van der Waals surface area contributed by atoms with Gasteiger partial charge in [-0.15, -0.1) is 0 Å². The maximum absolute atomic E-state index is 8.08. The second kappa shape index (κ2) is 6.71. The van der Waals surface area contributed by atoms with E-state index in [1.54, 1.807) is 12.2 Å². The number of rotatable bonds is 3. The third kappa shape index (κ3) is 6.71. The Labute approximate surface area is 55.6 Å². The molecule has 0 heterocycles. The van der Waals surface area contributed by atoms with Crippen molar-refractivity contribution in [2.24, 2.45) is 0 Å². The van der Waals surface area contributed by atoms with E-state index in [1.165, 1.54) is 0 Å². The Morgan fingerprint density at radius 1 is 1.33 bits per heavy atom. The van der Waals surface area contributed by atoms with Crippen LogP contribution in [0.15, 0.2) is 37.0 Å². The van der Waals surface area contributed by atoms with Gasteiger partial charge in [-0.25, -0.2) is 0 Å². The third-order valence-electron chi connectivity index (χ3n) is 0.704. The SMILES string of the molecule is C=C/C=C/C=C/CC#N. The molecule has 0 radical (unpaired) electrons. The van der Waals surface area contributed by atoms with Crippen LogP contribution in [-0.2, 0) is 0 Å². The highest BCUT2D eigenvalue weighted by Crippen LogP contribution is 1.81. The molecule has 0 aromatic rings. The van der Waals surface area contributed by atoms with Crippen LogP contribution in [-0.4, -0.2) is 0 Å². The lowest BCUT2D eigenvalue weighted by molar-refractivity contribution is 1.35. The van der Waals surface area contributed by atoms with Crippen LogP contribution in [0, 0.1) is 11.3 Å². The Kier molecular flexibility index (Phi) is 5.75. The monoisotopic (exact) mass is 119 g/mol. The first-order valence-electron chi connectivity index (χ1n) is 2.73. The maximum atomic E-state index is 8.08. The normalized spacial score (nSPS) is 10.1. The van der Waals surface area contributed by atoms with Crippen molar-refractivity contribution in [1.29, 1.82) is 5.26 Å². The van der Waals surface area contributed by atoms with Crippen LogP contribution in [0.5, 0.6) is 0 Å². The zero-order valence-corrected chi connectivity index (χ0v) is 5.25. The van der Waals surface area contributed by atoms with E-state index in [0.29, 0.717) is 6.42 Å². The number of nitriles is 1. The summed E-state index contributed by atoms with van der Waals surface area (Å²) in [6.07, 6.45) is 9.43. The molecule has 9 heavy (non-hydrogen) atoms. The molecule has 0 unspecified atom stereocenters. The van der Waals surface area contributed by atoms with Gasteiger partial charge in [-0.1, -0.05) is 37.0 Å². The van der Waals surface area contributed by atoms with Gasteiger partial charge in [0.1, 0.15) is 0 Å². The Bertz CT molecular complexity index is 158. The van der Waals surface area contributed by atoms with Crippen LogP contribution < -0.4 is 0 Å². The van der Waals surface area contributed by atoms with Crippen molar-refractivity contribution < 1.29 is 0 Å². The molecule has 1 heteroatoms. The minimum atomic E-state index is 0.474. The first-order chi connectivity index (χ1) is 4.41. The van der Waals surface area contributed by atoms with Gasteiger partial charge in [0.25, 0.3) is 0 Å². The molecule has 1 nitrogen and oxygen atoms in total. The van der Waals surface area contributed by atoms with Crippen molar-refractivity contribution in [3.8, 4) is 6.07 Å². The molecule has 0 atom stereocenters. The van der Waals surface area contributed by atoms with E-state index in [-0.39, 0.29) is 0 Å². The summed E-state index contributed by atoms with van der Waals surface area (Å²) in [5, 5.41) is 8.08. The Morgan fingerprint density at radius 3 is 2.67 bits per heavy atom. The van der Waals surface area contributed by atoms with Gasteiger partial charge >= 0.3 is 0 Å². The van der Waals surface area contributed by atoms with Gasteiger partial charge in [-0.2, -0.15) is 5.26 Å². The standard InChI is InChI=1S/C8H9N/c1-2-3-4-5-6-7-8-9/h2-6H,1,7H2/b4-3+,6-5+. The number of nitrogens with zero attached hydrogens (tertiary/aromatic N) is 1. The molecule has 0 aliphatic rings. The van der Waals surface area contributed by atoms with E-state index in [1.807, 2.05) is 24.3 Å². The average molecular weight is 119 g/mol. The van der Waals surface area contributed by atoms with Gasteiger partial charge in [0.2, 0.25) is 0 Å². The van der Waals surface area contributed by atoms with Crippen LogP contribution in [0.25, 0.3) is 0 Å². The Hall–Kier alpha value is -1.29. The minimum absolute atomic E-state index is 0.474. The van der Waals surface area contributed by atoms with Crippen LogP contribution in [0.4, 0.5) is 0 Å². The van der Waals surface area contributed by atoms with Crippen molar-refractivity contribution in [2.45, 2.75) is 6.42 Å². The summed E-state index contributed by atoms with van der Waals surface area (Å²) in [4.78, 5) is 0. The highest BCUT2D eigenvalue weighted by molar-refractivity contribution is 5.09. The van der Waals surface area contributed by atoms with Crippen molar-refractivity contribution in [2.75, 3.05) is 0 Å². The fourth-order valence-corrected chi connectivity index (χ4v) is 0.342. The van der Waals surface area contributed by atoms with E-state index >= 15 is 0 Å². The highest BCUT2D eigenvalue weighted by Gasteiger charge is 1.65. The highest BCUT2D eigenvalue weighted by atomic mass is 14.2. The lowest BCUT2D eigenvalue weighted by atomic mass is 10.4. The lowest BCUT2D eigenvalue weighted by Gasteiger charge is -1.70. The second-order valence-electron chi connectivity index (χ2n) is 1.41. The van der Waals surface area contributed by atoms with E-state index in [0.717, 1.165) is 0 Å². The third-order valence-corrected chi connectivity index (χ3v) is 0.704. The van der Waals surface area contributed by atoms with E-state index in [2.05, 4.69) is 6.58 Å². The van der Waals surface area contributed by atoms with Crippen LogP contribution in [0.3, 0.4) is 0 Å².